The van der Waals surface area contributed by atoms with Crippen molar-refractivity contribution in [3.8, 4) is 17.6 Å². The van der Waals surface area contributed by atoms with E-state index in [4.69, 9.17) is 32.2 Å². The Hall–Kier alpha value is -2.11. The van der Waals surface area contributed by atoms with Gasteiger partial charge in [-0.1, -0.05) is 30.1 Å². The lowest BCUT2D eigenvalue weighted by Crippen LogP contribution is -2.03. The third kappa shape index (κ3) is 5.89. The Morgan fingerprint density at radius 3 is 2.58 bits per heavy atom. The molecule has 0 fully saturated rings. The summed E-state index contributed by atoms with van der Waals surface area (Å²) in [4.78, 5) is 5.14. The van der Waals surface area contributed by atoms with Crippen LogP contribution in [0.25, 0.3) is 21.8 Å². The Balaban J connectivity index is 1.87. The van der Waals surface area contributed by atoms with E-state index in [-0.39, 0.29) is 16.5 Å². The highest BCUT2D eigenvalue weighted by molar-refractivity contribution is 8.55. The summed E-state index contributed by atoms with van der Waals surface area (Å²) in [6, 6.07) is 15.6. The standard InChI is InChI=1S/C25H21Cl2N2O4PS2/c1-4-7-35-34(30,33-25-15(2)8-18(26)11-21(25)27)32-24-13-19(36(3)31)12-23-20(24)10-17-9-16(14-28)5-6-22(17)29-23/h5-6,8-13H,4,7H2,1-3H3. The highest BCUT2D eigenvalue weighted by atomic mass is 35.5. The maximum absolute atomic E-state index is 14.1. The molecule has 3 aromatic carbocycles. The summed E-state index contributed by atoms with van der Waals surface area (Å²) in [5.74, 6) is 0.935. The zero-order chi connectivity index (χ0) is 26.0. The van der Waals surface area contributed by atoms with Gasteiger partial charge in [0.2, 0.25) is 0 Å². The third-order valence-corrected chi connectivity index (χ3v) is 10.3. The first-order valence-corrected chi connectivity index (χ1v) is 16.3. The van der Waals surface area contributed by atoms with Gasteiger partial charge in [-0.15, -0.1) is 0 Å². The fourth-order valence-corrected chi connectivity index (χ4v) is 8.15. The van der Waals surface area contributed by atoms with Crippen LogP contribution in [0.3, 0.4) is 0 Å². The lowest BCUT2D eigenvalue weighted by Gasteiger charge is -2.22. The van der Waals surface area contributed by atoms with Gasteiger partial charge in [0.25, 0.3) is 0 Å². The Bertz CT molecular complexity index is 1540. The number of aromatic nitrogens is 1. The first kappa shape index (κ1) is 26.9. The molecule has 186 valence electrons. The first-order chi connectivity index (χ1) is 17.1. The van der Waals surface area contributed by atoms with Crippen LogP contribution in [-0.2, 0) is 15.7 Å². The number of aryl methyl sites for hydroxylation is 1. The molecule has 4 aromatic rings. The first-order valence-electron chi connectivity index (χ1n) is 10.8. The molecule has 0 aliphatic rings. The second kappa shape index (κ2) is 11.1. The fraction of sp³-hybridized carbons (Fsp3) is 0.200. The number of pyridine rings is 1. The van der Waals surface area contributed by atoms with Crippen LogP contribution >= 0.6 is 41.4 Å². The molecule has 2 unspecified atom stereocenters. The number of halogens is 2. The van der Waals surface area contributed by atoms with E-state index in [2.05, 4.69) is 11.1 Å². The molecule has 0 saturated carbocycles. The SMILES string of the molecule is CCCSP(=O)(Oc1c(C)cc(Cl)cc1Cl)Oc1cc([S+](C)[O-])cc2nc3ccc(C#N)cc3cc12. The number of hydrogen-bond donors (Lipinski definition) is 0. The van der Waals surface area contributed by atoms with Crippen molar-refractivity contribution < 1.29 is 18.2 Å². The topological polar surface area (TPSA) is 95.3 Å². The molecule has 1 heterocycles. The molecule has 0 bridgehead atoms. The van der Waals surface area contributed by atoms with Crippen LogP contribution in [0, 0.1) is 18.3 Å². The van der Waals surface area contributed by atoms with Gasteiger partial charge in [0, 0.05) is 33.7 Å². The third-order valence-electron chi connectivity index (χ3n) is 5.18. The van der Waals surface area contributed by atoms with E-state index < -0.39 is 18.0 Å². The lowest BCUT2D eigenvalue weighted by molar-refractivity contribution is 0.408. The fourth-order valence-electron chi connectivity index (χ4n) is 3.50. The number of fused-ring (bicyclic) bond motifs is 2. The predicted molar refractivity (Wildman–Crippen MR) is 149 cm³/mol. The molecule has 0 radical (unpaired) electrons. The molecule has 6 nitrogen and oxygen atoms in total. The molecular weight excluding hydrogens is 558 g/mol. The number of benzene rings is 3. The van der Waals surface area contributed by atoms with Crippen LogP contribution in [0.1, 0.15) is 24.5 Å². The minimum absolute atomic E-state index is 0.212. The van der Waals surface area contributed by atoms with Crippen LogP contribution < -0.4 is 9.05 Å². The molecule has 11 heteroatoms. The average Bonchev–Trinajstić information content (AvgIpc) is 2.83. The van der Waals surface area contributed by atoms with Gasteiger partial charge in [-0.05, 0) is 77.9 Å². The number of nitrogens with zero attached hydrogens (tertiary/aromatic N) is 2. The summed E-state index contributed by atoms with van der Waals surface area (Å²) < 4.78 is 38.6. The van der Waals surface area contributed by atoms with Crippen molar-refractivity contribution in [1.82, 2.24) is 4.98 Å². The van der Waals surface area contributed by atoms with Crippen molar-refractivity contribution in [3.63, 3.8) is 0 Å². The molecule has 36 heavy (non-hydrogen) atoms. The van der Waals surface area contributed by atoms with Crippen molar-refractivity contribution in [2.24, 2.45) is 0 Å². The number of rotatable bonds is 8. The summed E-state index contributed by atoms with van der Waals surface area (Å²) >= 11 is 12.1. The van der Waals surface area contributed by atoms with Crippen molar-refractivity contribution in [2.75, 3.05) is 12.0 Å². The molecule has 0 spiro atoms. The smallest absolute Gasteiger partial charge is 0.492 e. The molecule has 4 rings (SSSR count). The minimum Gasteiger partial charge on any atom is -0.612 e. The molecule has 1 aromatic heterocycles. The Kier molecular flexibility index (Phi) is 8.31. The van der Waals surface area contributed by atoms with Gasteiger partial charge in [-0.3, -0.25) is 0 Å². The quantitative estimate of drug-likeness (QED) is 0.118. The van der Waals surface area contributed by atoms with Crippen LogP contribution in [-0.4, -0.2) is 21.5 Å². The lowest BCUT2D eigenvalue weighted by atomic mass is 10.1. The van der Waals surface area contributed by atoms with Crippen molar-refractivity contribution in [2.45, 2.75) is 25.2 Å². The van der Waals surface area contributed by atoms with Gasteiger partial charge in [-0.25, -0.2) is 9.55 Å². The van der Waals surface area contributed by atoms with Crippen LogP contribution in [0.15, 0.2) is 53.4 Å². The second-order valence-corrected chi connectivity index (χ2v) is 14.2. The van der Waals surface area contributed by atoms with Crippen LogP contribution in [0.2, 0.25) is 10.0 Å². The highest BCUT2D eigenvalue weighted by Gasteiger charge is 2.32. The van der Waals surface area contributed by atoms with Crippen molar-refractivity contribution >= 4 is 74.4 Å². The Morgan fingerprint density at radius 2 is 1.92 bits per heavy atom. The zero-order valence-electron chi connectivity index (χ0n) is 19.6. The molecular formula is C25H21Cl2N2O4PS2. The molecule has 0 saturated heterocycles. The molecule has 0 aliphatic carbocycles. The second-order valence-electron chi connectivity index (χ2n) is 7.95. The summed E-state index contributed by atoms with van der Waals surface area (Å²) in [6.07, 6.45) is 2.28. The Labute approximate surface area is 226 Å². The Morgan fingerprint density at radius 1 is 1.14 bits per heavy atom. The van der Waals surface area contributed by atoms with E-state index in [0.717, 1.165) is 17.8 Å². The molecule has 0 aliphatic heterocycles. The van der Waals surface area contributed by atoms with Gasteiger partial charge in [0.1, 0.15) is 12.0 Å². The van der Waals surface area contributed by atoms with E-state index in [1.807, 2.05) is 13.0 Å². The summed E-state index contributed by atoms with van der Waals surface area (Å²) in [5.41, 5.74) is 2.27. The zero-order valence-corrected chi connectivity index (χ0v) is 23.6. The summed E-state index contributed by atoms with van der Waals surface area (Å²) in [7, 11) is 0. The summed E-state index contributed by atoms with van der Waals surface area (Å²) in [6.45, 7) is -0.162. The van der Waals surface area contributed by atoms with E-state index in [0.29, 0.717) is 48.6 Å². The van der Waals surface area contributed by atoms with E-state index in [9.17, 15) is 14.4 Å². The van der Waals surface area contributed by atoms with Crippen LogP contribution in [0.4, 0.5) is 0 Å². The van der Waals surface area contributed by atoms with Gasteiger partial charge in [0.15, 0.2) is 10.6 Å². The maximum atomic E-state index is 14.1. The predicted octanol–water partition coefficient (Wildman–Crippen LogP) is 8.32. The maximum Gasteiger partial charge on any atom is 0.492 e. The average molecular weight is 579 g/mol. The van der Waals surface area contributed by atoms with E-state index in [1.165, 1.54) is 6.07 Å². The molecule has 0 amide bonds. The van der Waals surface area contributed by atoms with Crippen molar-refractivity contribution in [1.29, 1.82) is 5.26 Å². The summed E-state index contributed by atoms with van der Waals surface area (Å²) in [5, 5.41) is 11.2. The van der Waals surface area contributed by atoms with E-state index in [1.54, 1.807) is 49.6 Å². The van der Waals surface area contributed by atoms with Gasteiger partial charge >= 0.3 is 6.80 Å². The molecule has 2 atom stereocenters. The normalized spacial score (nSPS) is 13.8. The monoisotopic (exact) mass is 578 g/mol. The minimum atomic E-state index is -3.87. The highest BCUT2D eigenvalue weighted by Crippen LogP contribution is 2.61. The number of hydrogen-bond acceptors (Lipinski definition) is 7. The van der Waals surface area contributed by atoms with Crippen molar-refractivity contribution in [3.05, 3.63) is 69.7 Å². The number of nitriles is 1. The van der Waals surface area contributed by atoms with Gasteiger partial charge < -0.3 is 13.6 Å². The largest absolute Gasteiger partial charge is 0.612 e. The molecule has 0 N–H and O–H groups in total. The van der Waals surface area contributed by atoms with Gasteiger partial charge in [0.05, 0.1) is 27.7 Å². The van der Waals surface area contributed by atoms with E-state index >= 15 is 0 Å². The van der Waals surface area contributed by atoms with Crippen LogP contribution in [0.5, 0.6) is 11.5 Å². The van der Waals surface area contributed by atoms with Gasteiger partial charge in [-0.2, -0.15) is 5.26 Å².